The van der Waals surface area contributed by atoms with Crippen LogP contribution in [0.15, 0.2) is 0 Å². The van der Waals surface area contributed by atoms with Gasteiger partial charge in [-0.15, -0.1) is 0 Å². The van der Waals surface area contributed by atoms with Crippen molar-refractivity contribution in [1.29, 1.82) is 0 Å². The van der Waals surface area contributed by atoms with Crippen molar-refractivity contribution in [1.82, 2.24) is 0 Å². The molecule has 0 spiro atoms. The molecule has 1 aliphatic carbocycles. The van der Waals surface area contributed by atoms with Gasteiger partial charge in [0.25, 0.3) is 0 Å². The normalized spacial score (nSPS) is 33.8. The average Bonchev–Trinajstić information content (AvgIpc) is 1.86. The molecule has 1 nitrogen and oxygen atoms in total. The Bertz CT molecular complexity index is 132. The topological polar surface area (TPSA) is 26.0 Å². The third-order valence-corrected chi connectivity index (χ3v) is 2.24. The van der Waals surface area contributed by atoms with E-state index >= 15 is 0 Å². The van der Waals surface area contributed by atoms with E-state index in [1.54, 1.807) is 0 Å². The minimum absolute atomic E-state index is 0.213. The van der Waals surface area contributed by atoms with Gasteiger partial charge in [-0.05, 0) is 12.8 Å². The number of rotatable bonds is 0. The summed E-state index contributed by atoms with van der Waals surface area (Å²) in [7, 11) is 0. The van der Waals surface area contributed by atoms with Crippen LogP contribution in [-0.2, 0) is 0 Å². The number of hydrogen-bond acceptors (Lipinski definition) is 1. The van der Waals surface area contributed by atoms with Crippen LogP contribution in [-0.4, -0.2) is 12.2 Å². The molecule has 0 aromatic carbocycles. The molecule has 11 heavy (non-hydrogen) atoms. The molecule has 4 heteroatoms. The van der Waals surface area contributed by atoms with Crippen LogP contribution in [0.4, 0.5) is 13.2 Å². The first kappa shape index (κ1) is 8.84. The Balaban J connectivity index is 2.55. The highest BCUT2D eigenvalue weighted by atomic mass is 19.4. The van der Waals surface area contributed by atoms with E-state index in [0.717, 1.165) is 6.42 Å². The molecule has 66 valence electrons. The van der Waals surface area contributed by atoms with E-state index in [1.165, 1.54) is 0 Å². The maximum Gasteiger partial charge on any atom is 0.393 e. The molecular weight excluding hydrogens is 155 g/mol. The van der Waals surface area contributed by atoms with Crippen molar-refractivity contribution in [2.24, 2.45) is 11.7 Å². The smallest absolute Gasteiger partial charge is 0.327 e. The summed E-state index contributed by atoms with van der Waals surface area (Å²) in [5.41, 5.74) is 5.35. The molecule has 0 aromatic rings. The van der Waals surface area contributed by atoms with E-state index in [9.17, 15) is 13.2 Å². The van der Waals surface area contributed by atoms with Gasteiger partial charge in [-0.1, -0.05) is 12.8 Å². The van der Waals surface area contributed by atoms with Crippen LogP contribution < -0.4 is 5.73 Å². The highest BCUT2D eigenvalue weighted by Crippen LogP contribution is 2.36. The first-order valence-corrected chi connectivity index (χ1v) is 3.84. The van der Waals surface area contributed by atoms with Crippen molar-refractivity contribution in [3.05, 3.63) is 0 Å². The molecular formula is C7H12F3N. The Kier molecular flexibility index (Phi) is 2.42. The van der Waals surface area contributed by atoms with Gasteiger partial charge in [0.2, 0.25) is 0 Å². The van der Waals surface area contributed by atoms with Gasteiger partial charge < -0.3 is 5.73 Å². The van der Waals surface area contributed by atoms with Gasteiger partial charge >= 0.3 is 6.18 Å². The summed E-state index contributed by atoms with van der Waals surface area (Å²) in [6, 6.07) is -0.663. The largest absolute Gasteiger partial charge is 0.393 e. The fraction of sp³-hybridized carbons (Fsp3) is 1.00. The number of alkyl halides is 3. The lowest BCUT2D eigenvalue weighted by Gasteiger charge is -2.29. The van der Waals surface area contributed by atoms with E-state index in [4.69, 9.17) is 5.73 Å². The molecule has 1 aliphatic rings. The van der Waals surface area contributed by atoms with Crippen molar-refractivity contribution in [2.45, 2.75) is 37.9 Å². The van der Waals surface area contributed by atoms with Crippen molar-refractivity contribution >= 4 is 0 Å². The zero-order valence-corrected chi connectivity index (χ0v) is 6.19. The molecule has 2 N–H and O–H groups in total. The second kappa shape index (κ2) is 3.01. The van der Waals surface area contributed by atoms with Gasteiger partial charge in [-0.2, -0.15) is 13.2 Å². The third kappa shape index (κ3) is 2.09. The predicted molar refractivity (Wildman–Crippen MR) is 36.0 cm³/mol. The second-order valence-corrected chi connectivity index (χ2v) is 3.10. The van der Waals surface area contributed by atoms with Crippen molar-refractivity contribution in [2.75, 3.05) is 0 Å². The predicted octanol–water partition coefficient (Wildman–Crippen LogP) is 2.07. The summed E-state index contributed by atoms with van der Waals surface area (Å²) in [5.74, 6) is -1.25. The Morgan fingerprint density at radius 2 is 1.64 bits per heavy atom. The van der Waals surface area contributed by atoms with Gasteiger partial charge in [-0.25, -0.2) is 0 Å². The summed E-state index contributed by atoms with van der Waals surface area (Å²) in [6.45, 7) is 0. The van der Waals surface area contributed by atoms with Gasteiger partial charge in [0.1, 0.15) is 0 Å². The highest BCUT2D eigenvalue weighted by Gasteiger charge is 2.43. The maximum atomic E-state index is 12.1. The fourth-order valence-electron chi connectivity index (χ4n) is 1.57. The summed E-state index contributed by atoms with van der Waals surface area (Å²) >= 11 is 0. The molecule has 1 saturated carbocycles. The SMILES string of the molecule is N[C@@H]1CCCC[C@H]1C(F)(F)F. The maximum absolute atomic E-state index is 12.1. The number of hydrogen-bond donors (Lipinski definition) is 1. The van der Waals surface area contributed by atoms with Gasteiger partial charge in [-0.3, -0.25) is 0 Å². The fourth-order valence-corrected chi connectivity index (χ4v) is 1.57. The van der Waals surface area contributed by atoms with Crippen LogP contribution in [0, 0.1) is 5.92 Å². The molecule has 0 aromatic heterocycles. The Morgan fingerprint density at radius 3 is 2.00 bits per heavy atom. The molecule has 0 amide bonds. The zero-order chi connectivity index (χ0) is 8.48. The monoisotopic (exact) mass is 167 g/mol. The van der Waals surface area contributed by atoms with Crippen LogP contribution in [0.2, 0.25) is 0 Å². The minimum Gasteiger partial charge on any atom is -0.327 e. The molecule has 0 bridgehead atoms. The van der Waals surface area contributed by atoms with E-state index in [0.29, 0.717) is 12.8 Å². The average molecular weight is 167 g/mol. The van der Waals surface area contributed by atoms with Crippen LogP contribution >= 0.6 is 0 Å². The van der Waals surface area contributed by atoms with Crippen LogP contribution in [0.1, 0.15) is 25.7 Å². The molecule has 0 saturated heterocycles. The van der Waals surface area contributed by atoms with E-state index in [-0.39, 0.29) is 6.42 Å². The lowest BCUT2D eigenvalue weighted by Crippen LogP contribution is -2.41. The van der Waals surface area contributed by atoms with Crippen LogP contribution in [0.5, 0.6) is 0 Å². The Morgan fingerprint density at radius 1 is 1.09 bits per heavy atom. The summed E-state index contributed by atoms with van der Waals surface area (Å²) in [5, 5.41) is 0. The first-order valence-electron chi connectivity index (χ1n) is 3.84. The minimum atomic E-state index is -4.08. The standard InChI is InChI=1S/C7H12F3N/c8-7(9,10)5-3-1-2-4-6(5)11/h5-6H,1-4,11H2/t5-,6-/m1/s1. The zero-order valence-electron chi connectivity index (χ0n) is 6.19. The lowest BCUT2D eigenvalue weighted by molar-refractivity contribution is -0.186. The molecule has 1 fully saturated rings. The van der Waals surface area contributed by atoms with Gasteiger partial charge in [0, 0.05) is 6.04 Å². The second-order valence-electron chi connectivity index (χ2n) is 3.10. The van der Waals surface area contributed by atoms with Crippen LogP contribution in [0.3, 0.4) is 0 Å². The van der Waals surface area contributed by atoms with Crippen LogP contribution in [0.25, 0.3) is 0 Å². The lowest BCUT2D eigenvalue weighted by atomic mass is 9.85. The molecule has 2 atom stereocenters. The Hall–Kier alpha value is -0.250. The molecule has 0 unspecified atom stereocenters. The highest BCUT2D eigenvalue weighted by molar-refractivity contribution is 4.82. The van der Waals surface area contributed by atoms with E-state index in [2.05, 4.69) is 0 Å². The number of nitrogens with two attached hydrogens (primary N) is 1. The van der Waals surface area contributed by atoms with Crippen molar-refractivity contribution in [3.8, 4) is 0 Å². The van der Waals surface area contributed by atoms with Gasteiger partial charge in [0.15, 0.2) is 0 Å². The van der Waals surface area contributed by atoms with Crippen molar-refractivity contribution < 1.29 is 13.2 Å². The quantitative estimate of drug-likeness (QED) is 0.587. The first-order chi connectivity index (χ1) is 5.02. The molecule has 0 aliphatic heterocycles. The molecule has 0 heterocycles. The van der Waals surface area contributed by atoms with Gasteiger partial charge in [0.05, 0.1) is 5.92 Å². The van der Waals surface area contributed by atoms with Crippen molar-refractivity contribution in [3.63, 3.8) is 0 Å². The summed E-state index contributed by atoms with van der Waals surface area (Å²) in [6.07, 6.45) is -1.85. The molecule has 0 radical (unpaired) electrons. The number of halogens is 3. The Labute approximate surface area is 63.8 Å². The molecule has 1 rings (SSSR count). The third-order valence-electron chi connectivity index (χ3n) is 2.24. The summed E-state index contributed by atoms with van der Waals surface area (Å²) in [4.78, 5) is 0. The van der Waals surface area contributed by atoms with E-state index < -0.39 is 18.1 Å². The summed E-state index contributed by atoms with van der Waals surface area (Å²) < 4.78 is 36.3. The van der Waals surface area contributed by atoms with E-state index in [1.807, 2.05) is 0 Å².